The summed E-state index contributed by atoms with van der Waals surface area (Å²) >= 11 is 0. The van der Waals surface area contributed by atoms with E-state index in [0.29, 0.717) is 23.6 Å². The van der Waals surface area contributed by atoms with Crippen molar-refractivity contribution in [3.63, 3.8) is 0 Å². The first kappa shape index (κ1) is 16.8. The highest BCUT2D eigenvalue weighted by Gasteiger charge is 2.41. The van der Waals surface area contributed by atoms with Crippen molar-refractivity contribution in [3.8, 4) is 0 Å². The number of fused-ring (bicyclic) bond motifs is 1. The van der Waals surface area contributed by atoms with Gasteiger partial charge in [0, 0.05) is 62.9 Å². The van der Waals surface area contributed by atoms with Gasteiger partial charge in [0.15, 0.2) is 0 Å². The second kappa shape index (κ2) is 6.26. The van der Waals surface area contributed by atoms with Crippen LogP contribution >= 0.6 is 0 Å². The van der Waals surface area contributed by atoms with Crippen molar-refractivity contribution >= 4 is 11.6 Å². The van der Waals surface area contributed by atoms with Gasteiger partial charge in [-0.1, -0.05) is 13.8 Å². The van der Waals surface area contributed by atoms with Crippen molar-refractivity contribution in [3.05, 3.63) is 45.0 Å². The van der Waals surface area contributed by atoms with Crippen molar-refractivity contribution in [1.82, 2.24) is 19.5 Å². The molecule has 0 aromatic carbocycles. The Labute approximate surface area is 151 Å². The van der Waals surface area contributed by atoms with Gasteiger partial charge in [-0.25, -0.2) is 14.8 Å². The summed E-state index contributed by atoms with van der Waals surface area (Å²) in [6.07, 6.45) is 1.65. The fourth-order valence-corrected chi connectivity index (χ4v) is 3.94. The lowest BCUT2D eigenvalue weighted by atomic mass is 10.0. The maximum absolute atomic E-state index is 11.9. The molecule has 8 nitrogen and oxygen atoms in total. The third-order valence-electron chi connectivity index (χ3n) is 5.55. The van der Waals surface area contributed by atoms with Crippen molar-refractivity contribution in [2.45, 2.75) is 19.8 Å². The average Bonchev–Trinajstić information content (AvgIpc) is 3.18. The summed E-state index contributed by atoms with van der Waals surface area (Å²) in [7, 11) is 1.48. The molecule has 0 saturated carbocycles. The highest BCUT2D eigenvalue weighted by atomic mass is 16.2. The summed E-state index contributed by atoms with van der Waals surface area (Å²) in [4.78, 5) is 39.8. The third-order valence-corrected chi connectivity index (χ3v) is 5.55. The van der Waals surface area contributed by atoms with Crippen LogP contribution in [0, 0.1) is 11.8 Å². The van der Waals surface area contributed by atoms with Gasteiger partial charge >= 0.3 is 5.69 Å². The second-order valence-electron chi connectivity index (χ2n) is 7.64. The molecule has 4 heterocycles. The first-order valence-corrected chi connectivity index (χ1v) is 9.04. The van der Waals surface area contributed by atoms with E-state index >= 15 is 0 Å². The molecule has 0 bridgehead atoms. The Balaban J connectivity index is 1.49. The van der Waals surface area contributed by atoms with Gasteiger partial charge in [-0.2, -0.15) is 0 Å². The summed E-state index contributed by atoms with van der Waals surface area (Å²) in [5.74, 6) is 3.00. The Hall–Kier alpha value is -2.64. The van der Waals surface area contributed by atoms with Crippen LogP contribution in [-0.4, -0.2) is 45.7 Å². The van der Waals surface area contributed by atoms with Gasteiger partial charge < -0.3 is 9.80 Å². The van der Waals surface area contributed by atoms with E-state index < -0.39 is 0 Å². The van der Waals surface area contributed by atoms with Crippen LogP contribution in [0.2, 0.25) is 0 Å². The van der Waals surface area contributed by atoms with Crippen LogP contribution in [0.1, 0.15) is 25.5 Å². The Kier molecular flexibility index (Phi) is 4.05. The van der Waals surface area contributed by atoms with E-state index in [1.807, 2.05) is 0 Å². The van der Waals surface area contributed by atoms with Crippen LogP contribution < -0.4 is 21.0 Å². The molecule has 2 aliphatic rings. The number of rotatable bonds is 3. The quantitative estimate of drug-likeness (QED) is 0.865. The fourth-order valence-electron chi connectivity index (χ4n) is 3.94. The lowest BCUT2D eigenvalue weighted by molar-refractivity contribution is 0.533. The monoisotopic (exact) mass is 356 g/mol. The largest absolute Gasteiger partial charge is 0.357 e. The van der Waals surface area contributed by atoms with E-state index in [-0.39, 0.29) is 11.2 Å². The molecule has 4 rings (SSSR count). The molecule has 2 aromatic heterocycles. The highest BCUT2D eigenvalue weighted by Crippen LogP contribution is 2.34. The topological polar surface area (TPSA) is 87.1 Å². The number of H-pyrrole nitrogens is 1. The molecular weight excluding hydrogens is 332 g/mol. The van der Waals surface area contributed by atoms with Crippen molar-refractivity contribution < 1.29 is 0 Å². The zero-order valence-electron chi connectivity index (χ0n) is 15.3. The minimum absolute atomic E-state index is 0.273. The Morgan fingerprint density at radius 1 is 1.04 bits per heavy atom. The van der Waals surface area contributed by atoms with Gasteiger partial charge in [0.1, 0.15) is 18.0 Å². The number of nitrogens with zero attached hydrogens (tertiary/aromatic N) is 5. The lowest BCUT2D eigenvalue weighted by Crippen LogP contribution is -2.36. The molecule has 2 aromatic rings. The van der Waals surface area contributed by atoms with Crippen molar-refractivity contribution in [2.75, 3.05) is 36.0 Å². The number of aromatic amines is 1. The van der Waals surface area contributed by atoms with Crippen LogP contribution in [0.4, 0.5) is 11.6 Å². The Morgan fingerprint density at radius 3 is 2.31 bits per heavy atom. The molecule has 26 heavy (non-hydrogen) atoms. The predicted octanol–water partition coefficient (Wildman–Crippen LogP) is 0.560. The van der Waals surface area contributed by atoms with E-state index in [2.05, 4.69) is 44.7 Å². The molecule has 2 fully saturated rings. The zero-order valence-corrected chi connectivity index (χ0v) is 15.3. The molecule has 2 saturated heterocycles. The van der Waals surface area contributed by atoms with Gasteiger partial charge in [-0.15, -0.1) is 0 Å². The number of nitrogens with one attached hydrogen (secondary N) is 1. The van der Waals surface area contributed by atoms with Crippen LogP contribution in [0.5, 0.6) is 0 Å². The molecule has 2 atom stereocenters. The fraction of sp³-hybridized carbons (Fsp3) is 0.556. The van der Waals surface area contributed by atoms with Crippen LogP contribution in [-0.2, 0) is 7.05 Å². The summed E-state index contributed by atoms with van der Waals surface area (Å²) in [5, 5.41) is 0. The standard InChI is InChI=1S/C18H24N6O2/c1-11(2)14-4-15(20-10-19-14)23-6-12-8-24(9-13(12)7-23)16-5-17(25)22(3)18(26)21-16/h4-5,10-13H,6-9H2,1-3H3,(H,21,26). The first-order chi connectivity index (χ1) is 12.4. The molecular formula is C18H24N6O2. The number of anilines is 2. The van der Waals surface area contributed by atoms with E-state index in [4.69, 9.17) is 0 Å². The molecule has 1 N–H and O–H groups in total. The van der Waals surface area contributed by atoms with E-state index in [1.54, 1.807) is 6.33 Å². The maximum Gasteiger partial charge on any atom is 0.329 e. The maximum atomic E-state index is 11.9. The Morgan fingerprint density at radius 2 is 1.69 bits per heavy atom. The number of aromatic nitrogens is 4. The summed E-state index contributed by atoms with van der Waals surface area (Å²) in [5.41, 5.74) is 0.421. The molecule has 0 spiro atoms. The molecule has 8 heteroatoms. The van der Waals surface area contributed by atoms with Gasteiger partial charge in [0.05, 0.1) is 0 Å². The smallest absolute Gasteiger partial charge is 0.329 e. The first-order valence-electron chi connectivity index (χ1n) is 9.04. The van der Waals surface area contributed by atoms with Crippen molar-refractivity contribution in [1.29, 1.82) is 0 Å². The SMILES string of the molecule is CC(C)c1cc(N2CC3CN(c4cc(=O)n(C)c(=O)[nH]4)CC3C2)ncn1. The molecule has 0 radical (unpaired) electrons. The summed E-state index contributed by atoms with van der Waals surface area (Å²) in [6, 6.07) is 3.60. The van der Waals surface area contributed by atoms with E-state index in [1.165, 1.54) is 13.1 Å². The number of hydrogen-bond donors (Lipinski definition) is 1. The minimum atomic E-state index is -0.367. The van der Waals surface area contributed by atoms with Gasteiger partial charge in [0.25, 0.3) is 5.56 Å². The van der Waals surface area contributed by atoms with Crippen LogP contribution in [0.3, 0.4) is 0 Å². The van der Waals surface area contributed by atoms with Gasteiger partial charge in [-0.05, 0) is 5.92 Å². The molecule has 0 aliphatic carbocycles. The molecule has 138 valence electrons. The zero-order chi connectivity index (χ0) is 18.4. The third kappa shape index (κ3) is 2.89. The summed E-state index contributed by atoms with van der Waals surface area (Å²) < 4.78 is 1.09. The number of hydrogen-bond acceptors (Lipinski definition) is 6. The lowest BCUT2D eigenvalue weighted by Gasteiger charge is -2.23. The highest BCUT2D eigenvalue weighted by molar-refractivity contribution is 5.45. The van der Waals surface area contributed by atoms with Crippen LogP contribution in [0.15, 0.2) is 28.0 Å². The van der Waals surface area contributed by atoms with Crippen LogP contribution in [0.25, 0.3) is 0 Å². The second-order valence-corrected chi connectivity index (χ2v) is 7.64. The normalized spacial score (nSPS) is 22.3. The molecule has 2 unspecified atom stereocenters. The van der Waals surface area contributed by atoms with Gasteiger partial charge in [0.2, 0.25) is 0 Å². The van der Waals surface area contributed by atoms with E-state index in [9.17, 15) is 9.59 Å². The van der Waals surface area contributed by atoms with Gasteiger partial charge in [-0.3, -0.25) is 14.3 Å². The van der Waals surface area contributed by atoms with E-state index in [0.717, 1.165) is 42.3 Å². The average molecular weight is 356 g/mol. The molecule has 0 amide bonds. The predicted molar refractivity (Wildman–Crippen MR) is 99.8 cm³/mol. The summed E-state index contributed by atoms with van der Waals surface area (Å²) in [6.45, 7) is 7.82. The minimum Gasteiger partial charge on any atom is -0.357 e. The molecule has 2 aliphatic heterocycles. The van der Waals surface area contributed by atoms with Crippen molar-refractivity contribution in [2.24, 2.45) is 18.9 Å². The Bertz CT molecular complexity index is 889.